The van der Waals surface area contributed by atoms with Crippen molar-refractivity contribution in [1.82, 2.24) is 4.90 Å². The summed E-state index contributed by atoms with van der Waals surface area (Å²) in [6, 6.07) is 0. The first-order chi connectivity index (χ1) is 5.86. The largest absolute Gasteiger partial charge is 0.359 e. The Hall–Kier alpha value is -0.180. The van der Waals surface area contributed by atoms with E-state index in [-0.39, 0.29) is 0 Å². The summed E-state index contributed by atoms with van der Waals surface area (Å²) in [6.07, 6.45) is 4.97. The van der Waals surface area contributed by atoms with Gasteiger partial charge in [-0.1, -0.05) is 0 Å². The lowest BCUT2D eigenvalue weighted by atomic mass is 10.2. The van der Waals surface area contributed by atoms with Gasteiger partial charge in [0.05, 0.1) is 5.84 Å². The minimum Gasteiger partial charge on any atom is -0.359 e. The Kier molecular flexibility index (Phi) is 2.59. The van der Waals surface area contributed by atoms with Gasteiger partial charge >= 0.3 is 0 Å². The third-order valence-corrected chi connectivity index (χ3v) is 4.05. The van der Waals surface area contributed by atoms with E-state index in [0.29, 0.717) is 0 Å². The Bertz CT molecular complexity index is 175. The van der Waals surface area contributed by atoms with Crippen LogP contribution in [0.1, 0.15) is 25.7 Å². The molecule has 0 aromatic heterocycles. The van der Waals surface area contributed by atoms with Gasteiger partial charge in [0, 0.05) is 24.8 Å². The van der Waals surface area contributed by atoms with Crippen LogP contribution in [0.3, 0.4) is 0 Å². The van der Waals surface area contributed by atoms with Gasteiger partial charge in [-0.15, -0.1) is 0 Å². The minimum absolute atomic E-state index is 0.823. The van der Waals surface area contributed by atoms with Crippen LogP contribution in [0.2, 0.25) is 0 Å². The summed E-state index contributed by atoms with van der Waals surface area (Å²) in [7, 11) is 0. The first kappa shape index (κ1) is 8.42. The predicted octanol–water partition coefficient (Wildman–Crippen LogP) is 1.96. The Balaban J connectivity index is 1.81. The van der Waals surface area contributed by atoms with Gasteiger partial charge in [-0.05, 0) is 25.0 Å². The highest BCUT2D eigenvalue weighted by atomic mass is 32.2. The second kappa shape index (κ2) is 3.69. The maximum absolute atomic E-state index is 7.69. The number of nitrogens with zero attached hydrogens (tertiary/aromatic N) is 1. The number of hydrogen-bond donors (Lipinski definition) is 1. The quantitative estimate of drug-likeness (QED) is 0.710. The van der Waals surface area contributed by atoms with E-state index >= 15 is 0 Å². The molecule has 0 amide bonds. The van der Waals surface area contributed by atoms with Crippen molar-refractivity contribution >= 4 is 17.6 Å². The molecule has 2 heterocycles. The van der Waals surface area contributed by atoms with Crippen molar-refractivity contribution in [2.75, 3.05) is 18.8 Å². The van der Waals surface area contributed by atoms with Gasteiger partial charge in [0.25, 0.3) is 0 Å². The first-order valence-electron chi connectivity index (χ1n) is 4.80. The number of hydrogen-bond acceptors (Lipinski definition) is 2. The summed E-state index contributed by atoms with van der Waals surface area (Å²) >= 11 is 2.09. The maximum atomic E-state index is 7.69. The molecule has 0 aromatic rings. The van der Waals surface area contributed by atoms with Gasteiger partial charge in [-0.2, -0.15) is 11.8 Å². The fraction of sp³-hybridized carbons (Fsp3) is 0.889. The molecule has 0 aromatic carbocycles. The van der Waals surface area contributed by atoms with E-state index in [2.05, 4.69) is 16.7 Å². The number of likely N-dealkylation sites (tertiary alicyclic amines) is 1. The standard InChI is InChI=1S/C9H16N2S/c10-9-4-1-5-11(9)7-8-3-2-6-12-8/h8,10H,1-7H2. The number of nitrogens with one attached hydrogen (secondary N) is 1. The molecule has 2 rings (SSSR count). The number of amidine groups is 1. The SMILES string of the molecule is N=C1CCCN1CC1CCCS1. The van der Waals surface area contributed by atoms with Gasteiger partial charge in [-0.3, -0.25) is 5.41 Å². The molecule has 0 spiro atoms. The Morgan fingerprint density at radius 2 is 2.42 bits per heavy atom. The van der Waals surface area contributed by atoms with Crippen LogP contribution >= 0.6 is 11.8 Å². The lowest BCUT2D eigenvalue weighted by molar-refractivity contribution is 0.443. The zero-order valence-corrected chi connectivity index (χ0v) is 8.20. The summed E-state index contributed by atoms with van der Waals surface area (Å²) in [5.74, 6) is 2.22. The lowest BCUT2D eigenvalue weighted by Crippen LogP contribution is -2.30. The van der Waals surface area contributed by atoms with Crippen molar-refractivity contribution in [3.63, 3.8) is 0 Å². The molecule has 3 heteroatoms. The van der Waals surface area contributed by atoms with E-state index in [1.807, 2.05) is 0 Å². The Morgan fingerprint density at radius 3 is 3.00 bits per heavy atom. The molecule has 2 nitrogen and oxygen atoms in total. The summed E-state index contributed by atoms with van der Waals surface area (Å²) in [4.78, 5) is 2.27. The summed E-state index contributed by atoms with van der Waals surface area (Å²) in [6.45, 7) is 2.28. The highest BCUT2D eigenvalue weighted by Gasteiger charge is 2.23. The van der Waals surface area contributed by atoms with Crippen LogP contribution in [0.15, 0.2) is 0 Å². The van der Waals surface area contributed by atoms with Crippen molar-refractivity contribution in [1.29, 1.82) is 5.41 Å². The molecule has 0 aliphatic carbocycles. The molecule has 1 unspecified atom stereocenters. The van der Waals surface area contributed by atoms with E-state index in [1.54, 1.807) is 0 Å². The minimum atomic E-state index is 0.823. The molecule has 0 radical (unpaired) electrons. The molecule has 0 saturated carbocycles. The van der Waals surface area contributed by atoms with Crippen LogP contribution in [0.5, 0.6) is 0 Å². The first-order valence-corrected chi connectivity index (χ1v) is 5.85. The highest BCUT2D eigenvalue weighted by molar-refractivity contribution is 8.00. The van der Waals surface area contributed by atoms with Crippen molar-refractivity contribution < 1.29 is 0 Å². The monoisotopic (exact) mass is 184 g/mol. The Labute approximate surface area is 78.2 Å². The van der Waals surface area contributed by atoms with Crippen LogP contribution in [-0.2, 0) is 0 Å². The molecule has 1 N–H and O–H groups in total. The van der Waals surface area contributed by atoms with Gasteiger partial charge in [-0.25, -0.2) is 0 Å². The molecular formula is C9H16N2S. The van der Waals surface area contributed by atoms with E-state index in [4.69, 9.17) is 5.41 Å². The zero-order valence-electron chi connectivity index (χ0n) is 7.38. The molecular weight excluding hydrogens is 168 g/mol. The molecule has 68 valence electrons. The van der Waals surface area contributed by atoms with Crippen LogP contribution in [-0.4, -0.2) is 34.8 Å². The summed E-state index contributed by atoms with van der Waals surface area (Å²) in [5, 5.41) is 8.51. The average molecular weight is 184 g/mol. The summed E-state index contributed by atoms with van der Waals surface area (Å²) in [5.41, 5.74) is 0. The van der Waals surface area contributed by atoms with Gasteiger partial charge in [0.2, 0.25) is 0 Å². The van der Waals surface area contributed by atoms with Crippen molar-refractivity contribution in [2.24, 2.45) is 0 Å². The predicted molar refractivity (Wildman–Crippen MR) is 54.0 cm³/mol. The van der Waals surface area contributed by atoms with Crippen LogP contribution in [0, 0.1) is 5.41 Å². The number of rotatable bonds is 2. The third kappa shape index (κ3) is 1.76. The third-order valence-electron chi connectivity index (χ3n) is 2.67. The molecule has 0 bridgehead atoms. The molecule has 2 aliphatic rings. The maximum Gasteiger partial charge on any atom is 0.0958 e. The van der Waals surface area contributed by atoms with Gasteiger partial charge < -0.3 is 4.90 Å². The van der Waals surface area contributed by atoms with Crippen LogP contribution in [0.4, 0.5) is 0 Å². The second-order valence-corrected chi connectivity index (χ2v) is 5.04. The average Bonchev–Trinajstić information content (AvgIpc) is 2.65. The molecule has 1 atom stereocenters. The molecule has 12 heavy (non-hydrogen) atoms. The van der Waals surface area contributed by atoms with Gasteiger partial charge in [0.1, 0.15) is 0 Å². The normalized spacial score (nSPS) is 30.2. The van der Waals surface area contributed by atoms with E-state index in [0.717, 1.165) is 30.6 Å². The molecule has 2 saturated heterocycles. The van der Waals surface area contributed by atoms with Crippen LogP contribution < -0.4 is 0 Å². The topological polar surface area (TPSA) is 27.1 Å². The van der Waals surface area contributed by atoms with E-state index in [1.165, 1.54) is 25.0 Å². The van der Waals surface area contributed by atoms with E-state index < -0.39 is 0 Å². The zero-order chi connectivity index (χ0) is 8.39. The van der Waals surface area contributed by atoms with E-state index in [9.17, 15) is 0 Å². The van der Waals surface area contributed by atoms with Crippen LogP contribution in [0.25, 0.3) is 0 Å². The molecule has 2 fully saturated rings. The second-order valence-electron chi connectivity index (χ2n) is 3.63. The van der Waals surface area contributed by atoms with Crippen molar-refractivity contribution in [2.45, 2.75) is 30.9 Å². The lowest BCUT2D eigenvalue weighted by Gasteiger charge is -2.21. The fourth-order valence-electron chi connectivity index (χ4n) is 1.97. The Morgan fingerprint density at radius 1 is 1.50 bits per heavy atom. The number of thioether (sulfide) groups is 1. The van der Waals surface area contributed by atoms with Crippen molar-refractivity contribution in [3.05, 3.63) is 0 Å². The van der Waals surface area contributed by atoms with Gasteiger partial charge in [0.15, 0.2) is 0 Å². The smallest absolute Gasteiger partial charge is 0.0958 e. The summed E-state index contributed by atoms with van der Waals surface area (Å²) < 4.78 is 0. The molecule has 2 aliphatic heterocycles. The highest BCUT2D eigenvalue weighted by Crippen LogP contribution is 2.27. The van der Waals surface area contributed by atoms with Crippen molar-refractivity contribution in [3.8, 4) is 0 Å². The fourth-order valence-corrected chi connectivity index (χ4v) is 3.25.